The molecule has 0 aliphatic rings. The van der Waals surface area contributed by atoms with E-state index in [4.69, 9.17) is 9.47 Å². The molecule has 0 aliphatic carbocycles. The molecule has 1 aromatic carbocycles. The smallest absolute Gasteiger partial charge is 0.396 e. The van der Waals surface area contributed by atoms with Crippen LogP contribution >= 0.6 is 0 Å². The van der Waals surface area contributed by atoms with Gasteiger partial charge in [-0.2, -0.15) is 0 Å². The molecule has 0 radical (unpaired) electrons. The molecule has 0 saturated carbocycles. The maximum Gasteiger partial charge on any atom is 0.396 e. The molecule has 1 rings (SSSR count). The van der Waals surface area contributed by atoms with Gasteiger partial charge in [-0.25, -0.2) is 4.79 Å². The second-order valence-electron chi connectivity index (χ2n) is 3.92. The van der Waals surface area contributed by atoms with Crippen molar-refractivity contribution < 1.29 is 23.8 Å². The van der Waals surface area contributed by atoms with Gasteiger partial charge in [0.1, 0.15) is 0 Å². The number of carbonyl (C=O) groups is 2. The Morgan fingerprint density at radius 2 is 1.85 bits per heavy atom. The number of hydrogen-bond acceptors (Lipinski definition) is 5. The molecule has 0 spiro atoms. The Balaban J connectivity index is 2.50. The topological polar surface area (TPSA) is 73.9 Å². The van der Waals surface area contributed by atoms with E-state index in [1.165, 1.54) is 0 Å². The average molecular weight is 281 g/mol. The predicted molar refractivity (Wildman–Crippen MR) is 72.9 cm³/mol. The van der Waals surface area contributed by atoms with Gasteiger partial charge in [0.15, 0.2) is 11.5 Å². The van der Waals surface area contributed by atoms with Gasteiger partial charge in [-0.05, 0) is 31.0 Å². The Kier molecular flexibility index (Phi) is 6.36. The molecular weight excluding hydrogens is 262 g/mol. The van der Waals surface area contributed by atoms with Crippen LogP contribution in [-0.4, -0.2) is 39.2 Å². The van der Waals surface area contributed by atoms with E-state index in [2.05, 4.69) is 10.1 Å². The zero-order valence-corrected chi connectivity index (χ0v) is 11.9. The number of rotatable bonds is 6. The van der Waals surface area contributed by atoms with Crippen molar-refractivity contribution in [3.63, 3.8) is 0 Å². The summed E-state index contributed by atoms with van der Waals surface area (Å²) in [5.74, 6) is -0.319. The summed E-state index contributed by atoms with van der Waals surface area (Å²) in [5, 5.41) is 2.50. The van der Waals surface area contributed by atoms with Gasteiger partial charge in [-0.3, -0.25) is 4.79 Å². The van der Waals surface area contributed by atoms with Gasteiger partial charge in [0.2, 0.25) is 0 Å². The van der Waals surface area contributed by atoms with Crippen LogP contribution in [-0.2, 0) is 20.7 Å². The maximum absolute atomic E-state index is 11.3. The Morgan fingerprint density at radius 3 is 2.45 bits per heavy atom. The third-order valence-electron chi connectivity index (χ3n) is 2.61. The van der Waals surface area contributed by atoms with Crippen molar-refractivity contribution in [1.82, 2.24) is 5.32 Å². The van der Waals surface area contributed by atoms with Crippen LogP contribution < -0.4 is 14.8 Å². The molecule has 110 valence electrons. The Bertz CT molecular complexity index is 473. The van der Waals surface area contributed by atoms with Crippen LogP contribution in [0.3, 0.4) is 0 Å². The van der Waals surface area contributed by atoms with Crippen LogP contribution in [0.15, 0.2) is 18.2 Å². The van der Waals surface area contributed by atoms with E-state index in [0.29, 0.717) is 24.5 Å². The largest absolute Gasteiger partial charge is 0.493 e. The van der Waals surface area contributed by atoms with Gasteiger partial charge >= 0.3 is 11.9 Å². The molecule has 0 aliphatic heterocycles. The third kappa shape index (κ3) is 4.46. The molecule has 1 amide bonds. The summed E-state index contributed by atoms with van der Waals surface area (Å²) < 4.78 is 14.9. The molecule has 0 fully saturated rings. The number of nitrogens with one attached hydrogen (secondary N) is 1. The summed E-state index contributed by atoms with van der Waals surface area (Å²) in [5.41, 5.74) is 0.965. The number of benzene rings is 1. The lowest BCUT2D eigenvalue weighted by Crippen LogP contribution is -2.33. The highest BCUT2D eigenvalue weighted by atomic mass is 16.5. The summed E-state index contributed by atoms with van der Waals surface area (Å²) in [4.78, 5) is 22.4. The van der Waals surface area contributed by atoms with Crippen molar-refractivity contribution in [2.75, 3.05) is 27.4 Å². The highest BCUT2D eigenvalue weighted by molar-refractivity contribution is 6.32. The molecule has 0 unspecified atom stereocenters. The molecule has 6 heteroatoms. The summed E-state index contributed by atoms with van der Waals surface area (Å²) in [6.45, 7) is 2.17. The van der Waals surface area contributed by atoms with Crippen molar-refractivity contribution >= 4 is 11.9 Å². The van der Waals surface area contributed by atoms with Crippen molar-refractivity contribution in [3.05, 3.63) is 23.8 Å². The lowest BCUT2D eigenvalue weighted by Gasteiger charge is -2.10. The number of amides is 1. The Hall–Kier alpha value is -2.24. The van der Waals surface area contributed by atoms with Crippen LogP contribution in [0.4, 0.5) is 0 Å². The van der Waals surface area contributed by atoms with Gasteiger partial charge in [0.05, 0.1) is 20.8 Å². The fourth-order valence-electron chi connectivity index (χ4n) is 1.63. The van der Waals surface area contributed by atoms with E-state index in [1.54, 1.807) is 27.2 Å². The normalized spacial score (nSPS) is 9.75. The van der Waals surface area contributed by atoms with Crippen LogP contribution in [0.25, 0.3) is 0 Å². The minimum Gasteiger partial charge on any atom is -0.493 e. The van der Waals surface area contributed by atoms with Crippen LogP contribution in [0.5, 0.6) is 11.5 Å². The van der Waals surface area contributed by atoms with E-state index >= 15 is 0 Å². The van der Waals surface area contributed by atoms with Gasteiger partial charge < -0.3 is 19.5 Å². The maximum atomic E-state index is 11.3. The van der Waals surface area contributed by atoms with Crippen molar-refractivity contribution in [3.8, 4) is 11.5 Å². The van der Waals surface area contributed by atoms with E-state index in [9.17, 15) is 9.59 Å². The fraction of sp³-hybridized carbons (Fsp3) is 0.429. The second kappa shape index (κ2) is 8.04. The first kappa shape index (κ1) is 15.8. The number of hydrogen-bond donors (Lipinski definition) is 1. The number of methoxy groups -OCH3 is 2. The minimum atomic E-state index is -0.861. The molecule has 6 nitrogen and oxygen atoms in total. The SMILES string of the molecule is CCOC(=O)C(=O)NCCc1ccc(OC)c(OC)c1. The zero-order chi connectivity index (χ0) is 15.0. The zero-order valence-electron chi connectivity index (χ0n) is 11.9. The number of ether oxygens (including phenoxy) is 3. The minimum absolute atomic E-state index is 0.182. The summed E-state index contributed by atoms with van der Waals surface area (Å²) in [6, 6.07) is 5.49. The summed E-state index contributed by atoms with van der Waals surface area (Å²) >= 11 is 0. The Morgan fingerprint density at radius 1 is 1.15 bits per heavy atom. The molecule has 0 heterocycles. The number of carbonyl (C=O) groups excluding carboxylic acids is 2. The molecule has 20 heavy (non-hydrogen) atoms. The monoisotopic (exact) mass is 281 g/mol. The first-order valence-electron chi connectivity index (χ1n) is 6.28. The molecular formula is C14H19NO5. The molecule has 0 aromatic heterocycles. The first-order valence-corrected chi connectivity index (χ1v) is 6.28. The van der Waals surface area contributed by atoms with Crippen LogP contribution in [0, 0.1) is 0 Å². The summed E-state index contributed by atoms with van der Waals surface area (Å²) in [6.07, 6.45) is 0.575. The lowest BCUT2D eigenvalue weighted by molar-refractivity contribution is -0.154. The molecule has 0 atom stereocenters. The van der Waals surface area contributed by atoms with Gasteiger partial charge in [-0.1, -0.05) is 6.07 Å². The predicted octanol–water partition coefficient (Wildman–Crippen LogP) is 0.926. The van der Waals surface area contributed by atoms with Gasteiger partial charge in [0, 0.05) is 6.54 Å². The number of esters is 1. The lowest BCUT2D eigenvalue weighted by atomic mass is 10.1. The summed E-state index contributed by atoms with van der Waals surface area (Å²) in [7, 11) is 3.13. The fourth-order valence-corrected chi connectivity index (χ4v) is 1.63. The molecule has 1 N–H and O–H groups in total. The quantitative estimate of drug-likeness (QED) is 0.620. The van der Waals surface area contributed by atoms with Gasteiger partial charge in [0.25, 0.3) is 0 Å². The first-order chi connectivity index (χ1) is 9.62. The highest BCUT2D eigenvalue weighted by Gasteiger charge is 2.13. The average Bonchev–Trinajstić information content (AvgIpc) is 2.47. The van der Waals surface area contributed by atoms with E-state index in [-0.39, 0.29) is 6.61 Å². The molecule has 1 aromatic rings. The van der Waals surface area contributed by atoms with E-state index in [0.717, 1.165) is 5.56 Å². The van der Waals surface area contributed by atoms with Crippen molar-refractivity contribution in [2.45, 2.75) is 13.3 Å². The third-order valence-corrected chi connectivity index (χ3v) is 2.61. The van der Waals surface area contributed by atoms with Crippen LogP contribution in [0.1, 0.15) is 12.5 Å². The Labute approximate surface area is 118 Å². The second-order valence-corrected chi connectivity index (χ2v) is 3.92. The van der Waals surface area contributed by atoms with Crippen molar-refractivity contribution in [1.29, 1.82) is 0 Å². The molecule has 0 bridgehead atoms. The van der Waals surface area contributed by atoms with E-state index < -0.39 is 11.9 Å². The molecule has 0 saturated heterocycles. The standard InChI is InChI=1S/C14H19NO5/c1-4-20-14(17)13(16)15-8-7-10-5-6-11(18-2)12(9-10)19-3/h5-6,9H,4,7-8H2,1-3H3,(H,15,16). The van der Waals surface area contributed by atoms with Crippen LogP contribution in [0.2, 0.25) is 0 Å². The highest BCUT2D eigenvalue weighted by Crippen LogP contribution is 2.27. The van der Waals surface area contributed by atoms with E-state index in [1.807, 2.05) is 12.1 Å². The van der Waals surface area contributed by atoms with Crippen molar-refractivity contribution in [2.24, 2.45) is 0 Å². The van der Waals surface area contributed by atoms with Gasteiger partial charge in [-0.15, -0.1) is 0 Å².